The topological polar surface area (TPSA) is 52.3 Å². The molecule has 0 heterocycles. The Hall–Kier alpha value is -0.650. The van der Waals surface area contributed by atoms with Crippen molar-refractivity contribution in [2.75, 3.05) is 7.11 Å². The number of halogens is 3. The fourth-order valence-corrected chi connectivity index (χ4v) is 1.61. The van der Waals surface area contributed by atoms with Gasteiger partial charge in [-0.3, -0.25) is 4.79 Å². The highest BCUT2D eigenvalue weighted by Gasteiger charge is 2.18. The van der Waals surface area contributed by atoms with E-state index >= 15 is 0 Å². The summed E-state index contributed by atoms with van der Waals surface area (Å²) >= 11 is 3.12. The molecule has 0 fully saturated rings. The quantitative estimate of drug-likeness (QED) is 0.852. The molecule has 0 unspecified atom stereocenters. The van der Waals surface area contributed by atoms with Gasteiger partial charge in [-0.25, -0.2) is 4.39 Å². The maximum atomic E-state index is 12.7. The molecular weight excluding hydrogens is 288 g/mol. The van der Waals surface area contributed by atoms with Crippen molar-refractivity contribution in [1.29, 1.82) is 0 Å². The van der Waals surface area contributed by atoms with Crippen LogP contribution in [0.3, 0.4) is 0 Å². The summed E-state index contributed by atoms with van der Waals surface area (Å²) in [6.07, 6.45) is 0. The van der Waals surface area contributed by atoms with Crippen molar-refractivity contribution in [3.05, 3.63) is 34.1 Å². The first-order valence-corrected chi connectivity index (χ1v) is 4.64. The molecule has 0 aromatic heterocycles. The van der Waals surface area contributed by atoms with Crippen LogP contribution in [0.25, 0.3) is 0 Å². The number of hydrogen-bond donors (Lipinski definition) is 1. The van der Waals surface area contributed by atoms with Crippen LogP contribution in [0, 0.1) is 5.82 Å². The molecule has 0 aliphatic heterocycles. The average molecular weight is 299 g/mol. The summed E-state index contributed by atoms with van der Waals surface area (Å²) in [4.78, 5) is 11.1. The minimum absolute atomic E-state index is 0. The first-order chi connectivity index (χ1) is 6.56. The van der Waals surface area contributed by atoms with Gasteiger partial charge < -0.3 is 10.5 Å². The third-order valence-corrected chi connectivity index (χ3v) is 2.44. The number of methoxy groups -OCH3 is 1. The van der Waals surface area contributed by atoms with Crippen LogP contribution in [0.1, 0.15) is 11.6 Å². The summed E-state index contributed by atoms with van der Waals surface area (Å²) in [5.74, 6) is -0.949. The highest BCUT2D eigenvalue weighted by atomic mass is 79.9. The molecular formula is C9H10BrClFNO2. The molecule has 15 heavy (non-hydrogen) atoms. The van der Waals surface area contributed by atoms with Gasteiger partial charge in [0.05, 0.1) is 7.11 Å². The van der Waals surface area contributed by atoms with Gasteiger partial charge in [-0.1, -0.05) is 22.0 Å². The Morgan fingerprint density at radius 3 is 2.67 bits per heavy atom. The molecule has 0 saturated carbocycles. The zero-order chi connectivity index (χ0) is 10.7. The van der Waals surface area contributed by atoms with E-state index in [9.17, 15) is 9.18 Å². The molecule has 0 aliphatic carbocycles. The van der Waals surface area contributed by atoms with Crippen LogP contribution in [0.4, 0.5) is 4.39 Å². The Labute approximate surface area is 101 Å². The number of rotatable bonds is 2. The van der Waals surface area contributed by atoms with E-state index in [1.807, 2.05) is 0 Å². The zero-order valence-corrected chi connectivity index (χ0v) is 10.3. The Morgan fingerprint density at radius 1 is 1.60 bits per heavy atom. The van der Waals surface area contributed by atoms with Gasteiger partial charge >= 0.3 is 5.97 Å². The molecule has 2 N–H and O–H groups in total. The fourth-order valence-electron chi connectivity index (χ4n) is 1.01. The van der Waals surface area contributed by atoms with Crippen molar-refractivity contribution in [2.24, 2.45) is 5.73 Å². The van der Waals surface area contributed by atoms with Crippen LogP contribution < -0.4 is 5.73 Å². The van der Waals surface area contributed by atoms with E-state index in [0.29, 0.717) is 10.0 Å². The maximum absolute atomic E-state index is 12.7. The van der Waals surface area contributed by atoms with Crippen LogP contribution in [-0.4, -0.2) is 13.1 Å². The molecule has 0 amide bonds. The third-order valence-electron chi connectivity index (χ3n) is 1.75. The second-order valence-electron chi connectivity index (χ2n) is 2.67. The Balaban J connectivity index is 0.00000196. The minimum atomic E-state index is -0.894. The molecule has 84 valence electrons. The smallest absolute Gasteiger partial charge is 0.327 e. The van der Waals surface area contributed by atoms with E-state index in [1.165, 1.54) is 25.3 Å². The number of benzene rings is 1. The van der Waals surface area contributed by atoms with Crippen LogP contribution in [0.15, 0.2) is 22.7 Å². The number of carbonyl (C=O) groups is 1. The van der Waals surface area contributed by atoms with Gasteiger partial charge in [0.15, 0.2) is 0 Å². The Morgan fingerprint density at radius 2 is 2.20 bits per heavy atom. The molecule has 0 saturated heterocycles. The van der Waals surface area contributed by atoms with Crippen molar-refractivity contribution < 1.29 is 13.9 Å². The van der Waals surface area contributed by atoms with Gasteiger partial charge in [-0.05, 0) is 17.7 Å². The molecule has 0 radical (unpaired) electrons. The Bertz CT molecular complexity index is 362. The number of carbonyl (C=O) groups excluding carboxylic acids is 1. The van der Waals surface area contributed by atoms with Crippen molar-refractivity contribution in [3.8, 4) is 0 Å². The van der Waals surface area contributed by atoms with Crippen molar-refractivity contribution >= 4 is 34.3 Å². The standard InChI is InChI=1S/C9H9BrFNO2.ClH/c1-14-9(13)8(12)6-3-2-5(11)4-7(6)10;/h2-4,8H,12H2,1H3;1H/t8-;/m0./s1. The lowest BCUT2D eigenvalue weighted by Crippen LogP contribution is -2.22. The number of ether oxygens (including phenoxy) is 1. The van der Waals surface area contributed by atoms with Gasteiger partial charge in [0.25, 0.3) is 0 Å². The predicted molar refractivity (Wildman–Crippen MR) is 60.3 cm³/mol. The van der Waals surface area contributed by atoms with Crippen LogP contribution in [0.2, 0.25) is 0 Å². The molecule has 1 aromatic carbocycles. The second-order valence-corrected chi connectivity index (χ2v) is 3.52. The molecule has 1 atom stereocenters. The zero-order valence-electron chi connectivity index (χ0n) is 7.87. The van der Waals surface area contributed by atoms with Crippen LogP contribution >= 0.6 is 28.3 Å². The molecule has 0 bridgehead atoms. The minimum Gasteiger partial charge on any atom is -0.468 e. The summed E-state index contributed by atoms with van der Waals surface area (Å²) in [6, 6.07) is 3.04. The first kappa shape index (κ1) is 14.3. The second kappa shape index (κ2) is 6.05. The number of hydrogen-bond acceptors (Lipinski definition) is 3. The van der Waals surface area contributed by atoms with Gasteiger partial charge in [-0.15, -0.1) is 12.4 Å². The van der Waals surface area contributed by atoms with E-state index in [-0.39, 0.29) is 12.4 Å². The average Bonchev–Trinajstić information content (AvgIpc) is 2.15. The molecule has 6 heteroatoms. The third kappa shape index (κ3) is 3.44. The fraction of sp³-hybridized carbons (Fsp3) is 0.222. The van der Waals surface area contributed by atoms with E-state index < -0.39 is 17.8 Å². The first-order valence-electron chi connectivity index (χ1n) is 3.84. The van der Waals surface area contributed by atoms with Gasteiger partial charge in [0.1, 0.15) is 11.9 Å². The molecule has 1 aromatic rings. The lowest BCUT2D eigenvalue weighted by atomic mass is 10.1. The summed E-state index contributed by atoms with van der Waals surface area (Å²) in [5, 5.41) is 0. The molecule has 1 rings (SSSR count). The van der Waals surface area contributed by atoms with Crippen LogP contribution in [0.5, 0.6) is 0 Å². The van der Waals surface area contributed by atoms with Crippen molar-refractivity contribution in [3.63, 3.8) is 0 Å². The SMILES string of the molecule is COC(=O)[C@@H](N)c1ccc(F)cc1Br.Cl. The summed E-state index contributed by atoms with van der Waals surface area (Å²) in [6.45, 7) is 0. The number of nitrogens with two attached hydrogens (primary N) is 1. The van der Waals surface area contributed by atoms with E-state index in [2.05, 4.69) is 20.7 Å². The van der Waals surface area contributed by atoms with Crippen molar-refractivity contribution in [1.82, 2.24) is 0 Å². The Kier molecular flexibility index (Phi) is 5.79. The van der Waals surface area contributed by atoms with E-state index in [0.717, 1.165) is 0 Å². The molecule has 0 aliphatic rings. The monoisotopic (exact) mass is 297 g/mol. The highest BCUT2D eigenvalue weighted by Crippen LogP contribution is 2.23. The normalized spacial score (nSPS) is 11.5. The summed E-state index contributed by atoms with van der Waals surface area (Å²) in [7, 11) is 1.25. The largest absolute Gasteiger partial charge is 0.468 e. The number of esters is 1. The lowest BCUT2D eigenvalue weighted by Gasteiger charge is -2.11. The highest BCUT2D eigenvalue weighted by molar-refractivity contribution is 9.10. The van der Waals surface area contributed by atoms with Gasteiger partial charge in [-0.2, -0.15) is 0 Å². The summed E-state index contributed by atoms with van der Waals surface area (Å²) in [5.41, 5.74) is 6.07. The predicted octanol–water partition coefficient (Wildman–Crippen LogP) is 2.18. The molecule has 3 nitrogen and oxygen atoms in total. The van der Waals surface area contributed by atoms with Crippen LogP contribution in [-0.2, 0) is 9.53 Å². The maximum Gasteiger partial charge on any atom is 0.327 e. The van der Waals surface area contributed by atoms with Crippen molar-refractivity contribution in [2.45, 2.75) is 6.04 Å². The van der Waals surface area contributed by atoms with E-state index in [4.69, 9.17) is 5.73 Å². The van der Waals surface area contributed by atoms with Gasteiger partial charge in [0.2, 0.25) is 0 Å². The molecule has 0 spiro atoms. The lowest BCUT2D eigenvalue weighted by molar-refractivity contribution is -0.142. The summed E-state index contributed by atoms with van der Waals surface area (Å²) < 4.78 is 17.6. The van der Waals surface area contributed by atoms with Gasteiger partial charge in [0, 0.05) is 4.47 Å². The van der Waals surface area contributed by atoms with E-state index in [1.54, 1.807) is 0 Å².